The average molecular weight is 270 g/mol. The number of rotatable bonds is 6. The van der Waals surface area contributed by atoms with Crippen LogP contribution in [0.5, 0.6) is 17.2 Å². The van der Waals surface area contributed by atoms with Crippen molar-refractivity contribution in [2.24, 2.45) is 0 Å². The minimum Gasteiger partial charge on any atom is -0.504 e. The Bertz CT molecular complexity index is 549. The first kappa shape index (κ1) is 14.4. The lowest BCUT2D eigenvalue weighted by molar-refractivity contribution is 0.405. The van der Waals surface area contributed by atoms with Crippen molar-refractivity contribution < 1.29 is 9.84 Å². The molecule has 20 heavy (non-hydrogen) atoms. The summed E-state index contributed by atoms with van der Waals surface area (Å²) in [6.45, 7) is 4.41. The summed E-state index contributed by atoms with van der Waals surface area (Å²) in [5, 5.41) is 9.84. The number of benzene rings is 2. The number of phenols is 1. The van der Waals surface area contributed by atoms with Gasteiger partial charge in [-0.15, -0.1) is 0 Å². The molecular formula is C18H22O2. The molecule has 0 saturated heterocycles. The van der Waals surface area contributed by atoms with Gasteiger partial charge in [0, 0.05) is 0 Å². The first-order chi connectivity index (χ1) is 9.76. The Morgan fingerprint density at radius 1 is 0.950 bits per heavy atom. The van der Waals surface area contributed by atoms with E-state index in [2.05, 4.69) is 19.9 Å². The molecule has 0 aromatic heterocycles. The fourth-order valence-corrected chi connectivity index (χ4v) is 2.50. The van der Waals surface area contributed by atoms with E-state index in [1.807, 2.05) is 24.3 Å². The predicted octanol–water partition coefficient (Wildman–Crippen LogP) is 5.48. The molecular weight excluding hydrogens is 248 g/mol. The molecule has 1 atom stereocenters. The minimum absolute atomic E-state index is 0.172. The van der Waals surface area contributed by atoms with Crippen molar-refractivity contribution >= 4 is 0 Å². The molecule has 0 bridgehead atoms. The Balaban J connectivity index is 2.30. The van der Waals surface area contributed by atoms with E-state index in [1.54, 1.807) is 18.2 Å². The lowest BCUT2D eigenvalue weighted by Crippen LogP contribution is -2.00. The van der Waals surface area contributed by atoms with Crippen LogP contribution < -0.4 is 4.74 Å². The molecule has 106 valence electrons. The van der Waals surface area contributed by atoms with Crippen molar-refractivity contribution in [2.45, 2.75) is 39.0 Å². The Morgan fingerprint density at radius 3 is 2.25 bits per heavy atom. The van der Waals surface area contributed by atoms with Gasteiger partial charge in [-0.3, -0.25) is 0 Å². The largest absolute Gasteiger partial charge is 0.504 e. The fourth-order valence-electron chi connectivity index (χ4n) is 2.50. The maximum Gasteiger partial charge on any atom is 0.169 e. The van der Waals surface area contributed by atoms with Crippen molar-refractivity contribution in [3.8, 4) is 17.2 Å². The molecule has 2 nitrogen and oxygen atoms in total. The van der Waals surface area contributed by atoms with Gasteiger partial charge < -0.3 is 9.84 Å². The van der Waals surface area contributed by atoms with Gasteiger partial charge in [0.25, 0.3) is 0 Å². The number of phenolic OH excluding ortho intramolecular Hbond substituents is 1. The molecule has 0 radical (unpaired) electrons. The highest BCUT2D eigenvalue weighted by atomic mass is 16.5. The highest BCUT2D eigenvalue weighted by Gasteiger charge is 2.14. The van der Waals surface area contributed by atoms with Crippen molar-refractivity contribution in [3.05, 3.63) is 54.1 Å². The zero-order valence-electron chi connectivity index (χ0n) is 12.2. The Kier molecular flexibility index (Phi) is 5.05. The van der Waals surface area contributed by atoms with E-state index >= 15 is 0 Å². The molecule has 2 rings (SSSR count). The van der Waals surface area contributed by atoms with Crippen LogP contribution in [0.15, 0.2) is 48.5 Å². The van der Waals surface area contributed by atoms with Crippen LogP contribution in [0.3, 0.4) is 0 Å². The molecule has 0 fully saturated rings. The summed E-state index contributed by atoms with van der Waals surface area (Å²) >= 11 is 0. The van der Waals surface area contributed by atoms with Crippen molar-refractivity contribution in [1.29, 1.82) is 0 Å². The molecule has 2 aromatic rings. The second-order valence-electron chi connectivity index (χ2n) is 5.00. The molecule has 0 amide bonds. The summed E-state index contributed by atoms with van der Waals surface area (Å²) in [6.07, 6.45) is 3.40. The van der Waals surface area contributed by atoms with Crippen LogP contribution in [-0.4, -0.2) is 5.11 Å². The van der Waals surface area contributed by atoms with Gasteiger partial charge in [0.1, 0.15) is 5.75 Å². The second-order valence-corrected chi connectivity index (χ2v) is 5.00. The van der Waals surface area contributed by atoms with Gasteiger partial charge in [0.05, 0.1) is 0 Å². The number of para-hydroxylation sites is 3. The van der Waals surface area contributed by atoms with Crippen LogP contribution in [0, 0.1) is 0 Å². The second kappa shape index (κ2) is 6.99. The van der Waals surface area contributed by atoms with E-state index in [9.17, 15) is 5.11 Å². The zero-order valence-corrected chi connectivity index (χ0v) is 12.2. The van der Waals surface area contributed by atoms with E-state index in [0.717, 1.165) is 25.0 Å². The van der Waals surface area contributed by atoms with E-state index in [1.165, 1.54) is 5.56 Å². The predicted molar refractivity (Wildman–Crippen MR) is 82.6 cm³/mol. The van der Waals surface area contributed by atoms with Crippen molar-refractivity contribution in [3.63, 3.8) is 0 Å². The summed E-state index contributed by atoms with van der Waals surface area (Å²) in [4.78, 5) is 0. The molecule has 2 heteroatoms. The Labute approximate surface area is 121 Å². The van der Waals surface area contributed by atoms with E-state index in [0.29, 0.717) is 11.7 Å². The quantitative estimate of drug-likeness (QED) is 0.753. The summed E-state index contributed by atoms with van der Waals surface area (Å²) in [6, 6.07) is 15.2. The minimum atomic E-state index is 0.172. The molecule has 0 saturated carbocycles. The maximum absolute atomic E-state index is 9.84. The van der Waals surface area contributed by atoms with Crippen LogP contribution in [0.4, 0.5) is 0 Å². The summed E-state index contributed by atoms with van der Waals surface area (Å²) in [5.41, 5.74) is 1.22. The zero-order chi connectivity index (χ0) is 14.4. The first-order valence-electron chi connectivity index (χ1n) is 7.31. The topological polar surface area (TPSA) is 29.5 Å². The molecule has 1 N–H and O–H groups in total. The lowest BCUT2D eigenvalue weighted by atomic mass is 9.91. The number of ether oxygens (including phenoxy) is 1. The van der Waals surface area contributed by atoms with Gasteiger partial charge in [-0.2, -0.15) is 0 Å². The van der Waals surface area contributed by atoms with Gasteiger partial charge in [-0.05, 0) is 42.5 Å². The lowest BCUT2D eigenvalue weighted by Gasteiger charge is -2.19. The van der Waals surface area contributed by atoms with Gasteiger partial charge in [0.15, 0.2) is 11.5 Å². The SMILES string of the molecule is CCCC(CC)c1ccccc1Oc1ccccc1O. The normalized spacial score (nSPS) is 12.1. The molecule has 0 aliphatic rings. The van der Waals surface area contributed by atoms with Crippen LogP contribution in [0.25, 0.3) is 0 Å². The van der Waals surface area contributed by atoms with Crippen LogP contribution in [0.1, 0.15) is 44.6 Å². The first-order valence-corrected chi connectivity index (χ1v) is 7.31. The van der Waals surface area contributed by atoms with E-state index < -0.39 is 0 Å². The third-order valence-electron chi connectivity index (χ3n) is 3.57. The smallest absolute Gasteiger partial charge is 0.169 e. The Hall–Kier alpha value is -1.96. The average Bonchev–Trinajstić information content (AvgIpc) is 2.48. The Morgan fingerprint density at radius 2 is 1.60 bits per heavy atom. The fraction of sp³-hybridized carbons (Fsp3) is 0.333. The summed E-state index contributed by atoms with van der Waals surface area (Å²) < 4.78 is 5.92. The van der Waals surface area contributed by atoms with E-state index in [-0.39, 0.29) is 5.75 Å². The number of aromatic hydroxyl groups is 1. The third kappa shape index (κ3) is 3.32. The number of hydrogen-bond acceptors (Lipinski definition) is 2. The number of hydrogen-bond donors (Lipinski definition) is 1. The van der Waals surface area contributed by atoms with Crippen LogP contribution >= 0.6 is 0 Å². The highest BCUT2D eigenvalue weighted by molar-refractivity contribution is 5.45. The van der Waals surface area contributed by atoms with Crippen LogP contribution in [0.2, 0.25) is 0 Å². The standard InChI is InChI=1S/C18H22O2/c1-3-9-14(4-2)15-10-5-7-12-17(15)20-18-13-8-6-11-16(18)19/h5-8,10-14,19H,3-4,9H2,1-2H3. The van der Waals surface area contributed by atoms with Crippen molar-refractivity contribution in [1.82, 2.24) is 0 Å². The van der Waals surface area contributed by atoms with Crippen molar-refractivity contribution in [2.75, 3.05) is 0 Å². The van der Waals surface area contributed by atoms with Gasteiger partial charge in [-0.25, -0.2) is 0 Å². The van der Waals surface area contributed by atoms with Gasteiger partial charge in [0.2, 0.25) is 0 Å². The monoisotopic (exact) mass is 270 g/mol. The molecule has 1 unspecified atom stereocenters. The van der Waals surface area contributed by atoms with E-state index in [4.69, 9.17) is 4.74 Å². The maximum atomic E-state index is 9.84. The molecule has 0 heterocycles. The van der Waals surface area contributed by atoms with Gasteiger partial charge in [-0.1, -0.05) is 50.6 Å². The highest BCUT2D eigenvalue weighted by Crippen LogP contribution is 2.37. The molecule has 0 aliphatic heterocycles. The molecule has 2 aromatic carbocycles. The summed E-state index contributed by atoms with van der Waals surface area (Å²) in [7, 11) is 0. The van der Waals surface area contributed by atoms with Crippen LogP contribution in [-0.2, 0) is 0 Å². The molecule has 0 spiro atoms. The summed E-state index contributed by atoms with van der Waals surface area (Å²) in [5.74, 6) is 2.02. The molecule has 0 aliphatic carbocycles. The third-order valence-corrected chi connectivity index (χ3v) is 3.57. The van der Waals surface area contributed by atoms with Gasteiger partial charge >= 0.3 is 0 Å².